The van der Waals surface area contributed by atoms with Crippen molar-refractivity contribution in [3.63, 3.8) is 0 Å². The summed E-state index contributed by atoms with van der Waals surface area (Å²) in [6.07, 6.45) is 0.979. The van der Waals surface area contributed by atoms with Gasteiger partial charge in [0.25, 0.3) is 5.90 Å². The molecule has 1 aliphatic rings. The molecule has 0 aliphatic carbocycles. The zero-order valence-electron chi connectivity index (χ0n) is 6.81. The highest BCUT2D eigenvalue weighted by atomic mass is 35.5. The molecule has 0 saturated heterocycles. The number of hydrogen-bond donors (Lipinski definition) is 2. The normalized spacial score (nSPS) is 14.7. The molecular formula is C5H3Cl2N3O5. The van der Waals surface area contributed by atoms with Crippen LogP contribution in [-0.4, -0.2) is 27.2 Å². The molecule has 0 fully saturated rings. The molecule has 0 amide bonds. The van der Waals surface area contributed by atoms with Crippen molar-refractivity contribution < 1.29 is 24.3 Å². The molecule has 10 heteroatoms. The van der Waals surface area contributed by atoms with Crippen LogP contribution in [0.15, 0.2) is 17.1 Å². The van der Waals surface area contributed by atoms with Crippen molar-refractivity contribution in [1.82, 2.24) is 10.7 Å². The third-order valence-corrected chi connectivity index (χ3v) is 1.19. The fourth-order valence-corrected chi connectivity index (χ4v) is 0.823. The molecule has 0 bridgehead atoms. The van der Waals surface area contributed by atoms with Gasteiger partial charge in [0.05, 0.1) is 6.08 Å². The Morgan fingerprint density at radius 1 is 1.40 bits per heavy atom. The van der Waals surface area contributed by atoms with Gasteiger partial charge in [0.1, 0.15) is 0 Å². The molecular weight excluding hydrogens is 253 g/mol. The number of carbonyl (C=O) groups excluding carboxylic acids is 2. The largest absolute Gasteiger partial charge is 0.410 e. The van der Waals surface area contributed by atoms with Gasteiger partial charge in [-0.2, -0.15) is 0 Å². The van der Waals surface area contributed by atoms with Crippen LogP contribution in [0.3, 0.4) is 0 Å². The monoisotopic (exact) mass is 255 g/mol. The van der Waals surface area contributed by atoms with Gasteiger partial charge in [0, 0.05) is 23.2 Å². The summed E-state index contributed by atoms with van der Waals surface area (Å²) in [5.74, 6) is -0.676. The number of hydrazone groups is 1. The number of halogens is 2. The van der Waals surface area contributed by atoms with Crippen molar-refractivity contribution in [2.24, 2.45) is 5.10 Å². The van der Waals surface area contributed by atoms with E-state index in [1.807, 2.05) is 0 Å². The summed E-state index contributed by atoms with van der Waals surface area (Å²) in [5, 5.41) is 12.3. The summed E-state index contributed by atoms with van der Waals surface area (Å²) >= 11 is 9.78. The lowest BCUT2D eigenvalue weighted by molar-refractivity contribution is -0.138. The summed E-state index contributed by atoms with van der Waals surface area (Å²) in [5.41, 5.74) is -0.270. The first-order chi connectivity index (χ1) is 6.97. The highest BCUT2D eigenvalue weighted by molar-refractivity contribution is 6.62. The van der Waals surface area contributed by atoms with E-state index in [0.717, 1.165) is 6.08 Å². The smallest absolute Gasteiger partial charge is 0.396 e. The molecule has 0 radical (unpaired) electrons. The molecule has 8 nitrogen and oxygen atoms in total. The molecule has 0 saturated carbocycles. The van der Waals surface area contributed by atoms with E-state index in [1.54, 1.807) is 0 Å². The molecule has 82 valence electrons. The average molecular weight is 256 g/mol. The number of ether oxygens (including phenoxy) is 2. The van der Waals surface area contributed by atoms with Gasteiger partial charge in [-0.15, -0.1) is 0 Å². The standard InChI is InChI=1S/C5H3Cl2N3O5/c6-4(11)14-2-1-3(15-5(7)12)9-10(13)8-2/h1,8,13H. The van der Waals surface area contributed by atoms with E-state index >= 15 is 0 Å². The predicted octanol–water partition coefficient (Wildman–Crippen LogP) is 1.10. The number of hydrazine groups is 1. The van der Waals surface area contributed by atoms with E-state index in [9.17, 15) is 9.59 Å². The van der Waals surface area contributed by atoms with E-state index in [4.69, 9.17) is 28.4 Å². The van der Waals surface area contributed by atoms with Crippen LogP contribution < -0.4 is 5.43 Å². The molecule has 2 N–H and O–H groups in total. The van der Waals surface area contributed by atoms with E-state index < -0.39 is 10.9 Å². The third-order valence-electron chi connectivity index (χ3n) is 1.03. The Hall–Kier alpha value is -1.51. The fourth-order valence-electron chi connectivity index (χ4n) is 0.661. The number of nitrogens with zero attached hydrogens (tertiary/aromatic N) is 2. The zero-order chi connectivity index (χ0) is 11.4. The van der Waals surface area contributed by atoms with Gasteiger partial charge >= 0.3 is 10.9 Å². The Kier molecular flexibility index (Phi) is 3.72. The van der Waals surface area contributed by atoms with Crippen molar-refractivity contribution in [2.45, 2.75) is 0 Å². The molecule has 0 aromatic heterocycles. The Labute approximate surface area is 92.6 Å². The summed E-state index contributed by atoms with van der Waals surface area (Å²) in [6.45, 7) is 0. The Balaban J connectivity index is 2.74. The molecule has 0 aromatic rings. The zero-order valence-corrected chi connectivity index (χ0v) is 8.32. The third kappa shape index (κ3) is 4.02. The highest BCUT2D eigenvalue weighted by Crippen LogP contribution is 2.06. The SMILES string of the molecule is O=C(Cl)OC1=CC(OC(=O)Cl)=NN(O)N1. The lowest BCUT2D eigenvalue weighted by Gasteiger charge is -2.18. The highest BCUT2D eigenvalue weighted by Gasteiger charge is 2.17. The second-order valence-corrected chi connectivity index (χ2v) is 2.64. The summed E-state index contributed by atoms with van der Waals surface area (Å²) in [6, 6.07) is 0. The molecule has 1 rings (SSSR count). The molecule has 1 aliphatic heterocycles. The second-order valence-electron chi connectivity index (χ2n) is 2.03. The first-order valence-corrected chi connectivity index (χ1v) is 4.03. The first kappa shape index (κ1) is 11.6. The molecule has 0 spiro atoms. The molecule has 0 aromatic carbocycles. The van der Waals surface area contributed by atoms with Crippen LogP contribution in [0.25, 0.3) is 0 Å². The molecule has 0 unspecified atom stereocenters. The van der Waals surface area contributed by atoms with E-state index in [-0.39, 0.29) is 17.1 Å². The van der Waals surface area contributed by atoms with Crippen molar-refractivity contribution in [1.29, 1.82) is 0 Å². The Morgan fingerprint density at radius 3 is 2.53 bits per heavy atom. The maximum absolute atomic E-state index is 10.3. The van der Waals surface area contributed by atoms with Crippen LogP contribution in [-0.2, 0) is 9.47 Å². The molecule has 1 heterocycles. The predicted molar refractivity (Wildman–Crippen MR) is 46.9 cm³/mol. The number of hydrogen-bond acceptors (Lipinski definition) is 8. The van der Waals surface area contributed by atoms with Crippen LogP contribution in [0, 0.1) is 0 Å². The van der Waals surface area contributed by atoms with Gasteiger partial charge in [-0.25, -0.2) is 15.0 Å². The van der Waals surface area contributed by atoms with Gasteiger partial charge in [-0.3, -0.25) is 5.21 Å². The van der Waals surface area contributed by atoms with Gasteiger partial charge in [-0.05, 0) is 0 Å². The lowest BCUT2D eigenvalue weighted by Crippen LogP contribution is -2.36. The summed E-state index contributed by atoms with van der Waals surface area (Å²) in [4.78, 5) is 20.7. The number of nitrogens with one attached hydrogen (secondary N) is 1. The molecule has 15 heavy (non-hydrogen) atoms. The van der Waals surface area contributed by atoms with E-state index in [0.29, 0.717) is 0 Å². The first-order valence-electron chi connectivity index (χ1n) is 3.28. The van der Waals surface area contributed by atoms with Crippen molar-refractivity contribution in [3.8, 4) is 0 Å². The topological polar surface area (TPSA) is 100 Å². The number of rotatable bonds is 1. The van der Waals surface area contributed by atoms with Crippen molar-refractivity contribution >= 4 is 40.0 Å². The van der Waals surface area contributed by atoms with Crippen molar-refractivity contribution in [2.75, 3.05) is 0 Å². The van der Waals surface area contributed by atoms with E-state index in [2.05, 4.69) is 20.0 Å². The van der Waals surface area contributed by atoms with Gasteiger partial charge in [0.2, 0.25) is 5.88 Å². The van der Waals surface area contributed by atoms with Crippen molar-refractivity contribution in [3.05, 3.63) is 12.0 Å². The Bertz CT molecular complexity index is 355. The number of carbonyl (C=O) groups is 2. The Morgan fingerprint density at radius 2 is 2.00 bits per heavy atom. The van der Waals surface area contributed by atoms with Gasteiger partial charge < -0.3 is 9.47 Å². The maximum atomic E-state index is 10.3. The van der Waals surface area contributed by atoms with Crippen LogP contribution in [0.5, 0.6) is 0 Å². The summed E-state index contributed by atoms with van der Waals surface area (Å²) < 4.78 is 8.63. The van der Waals surface area contributed by atoms with Crippen LogP contribution in [0.1, 0.15) is 0 Å². The minimum absolute atomic E-state index is 0.143. The van der Waals surface area contributed by atoms with Crippen LogP contribution in [0.2, 0.25) is 0 Å². The second kappa shape index (κ2) is 4.82. The van der Waals surface area contributed by atoms with Gasteiger partial charge in [0.15, 0.2) is 0 Å². The van der Waals surface area contributed by atoms with Gasteiger partial charge in [-0.1, -0.05) is 10.4 Å². The maximum Gasteiger partial charge on any atom is 0.410 e. The van der Waals surface area contributed by atoms with Crippen LogP contribution in [0.4, 0.5) is 9.59 Å². The summed E-state index contributed by atoms with van der Waals surface area (Å²) in [7, 11) is 0. The minimum atomic E-state index is -1.17. The molecule has 0 atom stereocenters. The van der Waals surface area contributed by atoms with Crippen LogP contribution >= 0.6 is 23.2 Å². The average Bonchev–Trinajstić information content (AvgIpc) is 1.98. The minimum Gasteiger partial charge on any atom is -0.396 e. The quantitative estimate of drug-likeness (QED) is 0.677. The van der Waals surface area contributed by atoms with E-state index in [1.165, 1.54) is 0 Å². The fraction of sp³-hybridized carbons (Fsp3) is 0. The lowest BCUT2D eigenvalue weighted by atomic mass is 10.5.